The average Bonchev–Trinajstić information content (AvgIpc) is 3.07. The monoisotopic (exact) mass is 418 g/mol. The largest absolute Gasteiger partial charge is 0.491 e. The number of hydrogen-bond acceptors (Lipinski definition) is 5. The van der Waals surface area contributed by atoms with E-state index in [2.05, 4.69) is 56.5 Å². The predicted molar refractivity (Wildman–Crippen MR) is 121 cm³/mol. The summed E-state index contributed by atoms with van der Waals surface area (Å²) in [6.07, 6.45) is 1.89. The fraction of sp³-hybridized carbons (Fsp3) is 0.545. The van der Waals surface area contributed by atoms with Gasteiger partial charge in [0.1, 0.15) is 12.4 Å². The molecule has 160 valence electrons. The van der Waals surface area contributed by atoms with Crippen LogP contribution >= 0.6 is 11.3 Å². The Balaban J connectivity index is 1.97. The van der Waals surface area contributed by atoms with Crippen LogP contribution in [-0.2, 0) is 24.1 Å². The lowest BCUT2D eigenvalue weighted by molar-refractivity contribution is 0.145. The van der Waals surface area contributed by atoms with Crippen LogP contribution in [0.15, 0.2) is 23.2 Å². The van der Waals surface area contributed by atoms with Crippen LogP contribution in [0.3, 0.4) is 0 Å². The van der Waals surface area contributed by atoms with Crippen molar-refractivity contribution in [2.24, 2.45) is 4.99 Å². The van der Waals surface area contributed by atoms with Crippen molar-refractivity contribution in [3.8, 4) is 5.75 Å². The molecule has 2 N–H and O–H groups in total. The molecule has 1 aromatic heterocycles. The van der Waals surface area contributed by atoms with E-state index in [-0.39, 0.29) is 0 Å². The van der Waals surface area contributed by atoms with Gasteiger partial charge >= 0.3 is 0 Å². The molecule has 7 heteroatoms. The molecule has 0 bridgehead atoms. The highest BCUT2D eigenvalue weighted by atomic mass is 32.1. The number of rotatable bonds is 11. The van der Waals surface area contributed by atoms with Crippen molar-refractivity contribution < 1.29 is 9.47 Å². The number of guanidine groups is 1. The number of benzene rings is 1. The number of methoxy groups -OCH3 is 1. The zero-order chi connectivity index (χ0) is 21.1. The lowest BCUT2D eigenvalue weighted by Gasteiger charge is -2.13. The van der Waals surface area contributed by atoms with Crippen LogP contribution in [-0.4, -0.2) is 44.4 Å². The second-order valence-corrected chi connectivity index (χ2v) is 8.08. The van der Waals surface area contributed by atoms with Crippen LogP contribution in [0.25, 0.3) is 0 Å². The van der Waals surface area contributed by atoms with E-state index in [0.717, 1.165) is 43.2 Å². The van der Waals surface area contributed by atoms with Crippen LogP contribution in [0, 0.1) is 13.8 Å². The molecule has 0 unspecified atom stereocenters. The fourth-order valence-electron chi connectivity index (χ4n) is 2.88. The van der Waals surface area contributed by atoms with Crippen molar-refractivity contribution in [2.75, 3.05) is 33.4 Å². The van der Waals surface area contributed by atoms with E-state index >= 15 is 0 Å². The number of aryl methyl sites for hydroxylation is 3. The lowest BCUT2D eigenvalue weighted by Crippen LogP contribution is -2.38. The average molecular weight is 419 g/mol. The molecule has 29 heavy (non-hydrogen) atoms. The normalized spacial score (nSPS) is 11.6. The van der Waals surface area contributed by atoms with Gasteiger partial charge < -0.3 is 20.1 Å². The maximum atomic E-state index is 5.87. The molecule has 2 aromatic rings. The highest BCUT2D eigenvalue weighted by Gasteiger charge is 2.07. The fourth-order valence-corrected chi connectivity index (χ4v) is 3.90. The third kappa shape index (κ3) is 7.66. The first-order valence-corrected chi connectivity index (χ1v) is 11.1. The molecule has 0 aliphatic rings. The van der Waals surface area contributed by atoms with Crippen LogP contribution in [0.5, 0.6) is 5.75 Å². The molecule has 0 aliphatic heterocycles. The van der Waals surface area contributed by atoms with E-state index in [1.165, 1.54) is 21.1 Å². The van der Waals surface area contributed by atoms with Gasteiger partial charge in [-0.3, -0.25) is 0 Å². The van der Waals surface area contributed by atoms with Gasteiger partial charge in [-0.05, 0) is 38.8 Å². The van der Waals surface area contributed by atoms with Crippen molar-refractivity contribution in [1.82, 2.24) is 15.6 Å². The Kier molecular flexibility index (Phi) is 9.94. The maximum absolute atomic E-state index is 5.87. The third-order valence-electron chi connectivity index (χ3n) is 4.42. The van der Waals surface area contributed by atoms with E-state index in [1.54, 1.807) is 18.4 Å². The second kappa shape index (κ2) is 12.4. The quantitative estimate of drug-likeness (QED) is 0.331. The van der Waals surface area contributed by atoms with Gasteiger partial charge in [0.25, 0.3) is 0 Å². The van der Waals surface area contributed by atoms with E-state index < -0.39 is 0 Å². The standard InChI is InChI=1S/C22H34N4O2S/c1-6-19-17(4)29-21(26-19)10-11-24-22(23-7-2)25-15-18-9-8-16(3)14-20(18)28-13-12-27-5/h8-9,14H,6-7,10-13,15H2,1-5H3,(H2,23,24,25). The van der Waals surface area contributed by atoms with Gasteiger partial charge in [-0.1, -0.05) is 19.1 Å². The Morgan fingerprint density at radius 3 is 2.69 bits per heavy atom. The minimum Gasteiger partial charge on any atom is -0.491 e. The SMILES string of the molecule is CCNC(=NCc1ccc(C)cc1OCCOC)NCCc1nc(CC)c(C)s1. The first kappa shape index (κ1) is 23.2. The predicted octanol–water partition coefficient (Wildman–Crippen LogP) is 3.65. The molecule has 0 atom stereocenters. The number of thiazole rings is 1. The summed E-state index contributed by atoms with van der Waals surface area (Å²) < 4.78 is 11.0. The lowest BCUT2D eigenvalue weighted by atomic mass is 10.1. The molecular formula is C22H34N4O2S. The number of aliphatic imine (C=N–C) groups is 1. The van der Waals surface area contributed by atoms with Crippen molar-refractivity contribution >= 4 is 17.3 Å². The van der Waals surface area contributed by atoms with Crippen molar-refractivity contribution in [2.45, 2.75) is 47.1 Å². The summed E-state index contributed by atoms with van der Waals surface area (Å²) in [5.74, 6) is 1.67. The Morgan fingerprint density at radius 2 is 2.00 bits per heavy atom. The van der Waals surface area contributed by atoms with Gasteiger partial charge in [-0.15, -0.1) is 11.3 Å². The number of ether oxygens (including phenoxy) is 2. The molecular weight excluding hydrogens is 384 g/mol. The molecule has 0 saturated heterocycles. The molecule has 1 aromatic carbocycles. The Labute approximate surface area is 178 Å². The third-order valence-corrected chi connectivity index (χ3v) is 5.50. The molecule has 2 rings (SSSR count). The number of hydrogen-bond donors (Lipinski definition) is 2. The Hall–Kier alpha value is -2.12. The summed E-state index contributed by atoms with van der Waals surface area (Å²) in [5, 5.41) is 7.90. The Bertz CT molecular complexity index is 789. The van der Waals surface area contributed by atoms with Crippen LogP contribution < -0.4 is 15.4 Å². The minimum absolute atomic E-state index is 0.530. The summed E-state index contributed by atoms with van der Waals surface area (Å²) in [6, 6.07) is 6.22. The van der Waals surface area contributed by atoms with Gasteiger partial charge in [-0.2, -0.15) is 0 Å². The highest BCUT2D eigenvalue weighted by molar-refractivity contribution is 7.11. The van der Waals surface area contributed by atoms with Crippen LogP contribution in [0.1, 0.15) is 40.6 Å². The van der Waals surface area contributed by atoms with Crippen LogP contribution in [0.4, 0.5) is 0 Å². The zero-order valence-corrected chi connectivity index (χ0v) is 19.1. The summed E-state index contributed by atoms with van der Waals surface area (Å²) in [6.45, 7) is 11.7. The number of aromatic nitrogens is 1. The smallest absolute Gasteiger partial charge is 0.191 e. The van der Waals surface area contributed by atoms with Gasteiger partial charge in [-0.25, -0.2) is 9.98 Å². The van der Waals surface area contributed by atoms with E-state index in [9.17, 15) is 0 Å². The number of nitrogens with zero attached hydrogens (tertiary/aromatic N) is 2. The molecule has 1 heterocycles. The summed E-state index contributed by atoms with van der Waals surface area (Å²) >= 11 is 1.79. The minimum atomic E-state index is 0.530. The molecule has 0 saturated carbocycles. The molecule has 0 amide bonds. The molecule has 0 spiro atoms. The van der Waals surface area contributed by atoms with Gasteiger partial charge in [0, 0.05) is 37.1 Å². The first-order chi connectivity index (χ1) is 14.1. The second-order valence-electron chi connectivity index (χ2n) is 6.79. The van der Waals surface area contributed by atoms with Gasteiger partial charge in [0.2, 0.25) is 0 Å². The maximum Gasteiger partial charge on any atom is 0.191 e. The molecule has 0 fully saturated rings. The van der Waals surface area contributed by atoms with E-state index in [0.29, 0.717) is 19.8 Å². The zero-order valence-electron chi connectivity index (χ0n) is 18.3. The summed E-state index contributed by atoms with van der Waals surface area (Å²) in [5.41, 5.74) is 3.44. The van der Waals surface area contributed by atoms with Gasteiger partial charge in [0.15, 0.2) is 5.96 Å². The summed E-state index contributed by atoms with van der Waals surface area (Å²) in [4.78, 5) is 10.8. The van der Waals surface area contributed by atoms with Crippen molar-refractivity contribution in [3.05, 3.63) is 44.9 Å². The molecule has 0 radical (unpaired) electrons. The Morgan fingerprint density at radius 1 is 1.17 bits per heavy atom. The van der Waals surface area contributed by atoms with Crippen molar-refractivity contribution in [1.29, 1.82) is 0 Å². The van der Waals surface area contributed by atoms with Crippen LogP contribution in [0.2, 0.25) is 0 Å². The highest BCUT2D eigenvalue weighted by Crippen LogP contribution is 2.21. The summed E-state index contributed by atoms with van der Waals surface area (Å²) in [7, 11) is 1.68. The first-order valence-electron chi connectivity index (χ1n) is 10.3. The van der Waals surface area contributed by atoms with Crippen molar-refractivity contribution in [3.63, 3.8) is 0 Å². The molecule has 6 nitrogen and oxygen atoms in total. The van der Waals surface area contributed by atoms with E-state index in [1.807, 2.05) is 0 Å². The van der Waals surface area contributed by atoms with E-state index in [4.69, 9.17) is 19.5 Å². The number of nitrogens with one attached hydrogen (secondary N) is 2. The van der Waals surface area contributed by atoms with Gasteiger partial charge in [0.05, 0.1) is 23.9 Å². The topological polar surface area (TPSA) is 67.8 Å². The molecule has 0 aliphatic carbocycles.